The van der Waals surface area contributed by atoms with E-state index in [1.54, 1.807) is 13.1 Å². The maximum Gasteiger partial charge on any atom is 0.261 e. The van der Waals surface area contributed by atoms with Crippen molar-refractivity contribution in [2.45, 2.75) is 52.7 Å². The Balaban J connectivity index is 1.53. The molecule has 0 aliphatic carbocycles. The quantitative estimate of drug-likeness (QED) is 0.670. The number of nitrogens with zero attached hydrogens (tertiary/aromatic N) is 2. The van der Waals surface area contributed by atoms with Crippen LogP contribution in [0.15, 0.2) is 60.9 Å². The molecular weight excluding hydrogens is 362 g/mol. The second-order valence-corrected chi connectivity index (χ2v) is 8.26. The number of carbonyl (C=O) groups excluding carboxylic acids is 1. The third kappa shape index (κ3) is 5.25. The number of hydrogen-bond acceptors (Lipinski definition) is 3. The molecule has 3 rings (SSSR count). The third-order valence-corrected chi connectivity index (χ3v) is 4.91. The summed E-state index contributed by atoms with van der Waals surface area (Å²) in [7, 11) is 0. The number of amides is 1. The number of carbonyl (C=O) groups is 1. The number of rotatable bonds is 6. The van der Waals surface area contributed by atoms with Gasteiger partial charge < -0.3 is 14.6 Å². The van der Waals surface area contributed by atoms with Gasteiger partial charge in [-0.05, 0) is 54.7 Å². The van der Waals surface area contributed by atoms with Crippen molar-refractivity contribution in [3.63, 3.8) is 0 Å². The monoisotopic (exact) mass is 391 g/mol. The number of imidazole rings is 1. The van der Waals surface area contributed by atoms with E-state index in [0.717, 1.165) is 17.1 Å². The topological polar surface area (TPSA) is 56.2 Å². The predicted molar refractivity (Wildman–Crippen MR) is 115 cm³/mol. The molecule has 0 saturated carbocycles. The van der Waals surface area contributed by atoms with Gasteiger partial charge in [0.1, 0.15) is 11.6 Å². The van der Waals surface area contributed by atoms with E-state index < -0.39 is 6.10 Å². The summed E-state index contributed by atoms with van der Waals surface area (Å²) >= 11 is 0. The molecule has 0 saturated heterocycles. The summed E-state index contributed by atoms with van der Waals surface area (Å²) in [6, 6.07) is 16.0. The zero-order valence-electron chi connectivity index (χ0n) is 17.8. The highest BCUT2D eigenvalue weighted by atomic mass is 16.5. The molecule has 0 bridgehead atoms. The molecule has 1 atom stereocenters. The average molecular weight is 392 g/mol. The van der Waals surface area contributed by atoms with Crippen molar-refractivity contribution in [3.8, 4) is 11.4 Å². The van der Waals surface area contributed by atoms with Gasteiger partial charge in [-0.25, -0.2) is 4.98 Å². The van der Waals surface area contributed by atoms with Crippen LogP contribution in [0.25, 0.3) is 5.69 Å². The van der Waals surface area contributed by atoms with E-state index in [2.05, 4.69) is 31.1 Å². The van der Waals surface area contributed by atoms with E-state index in [-0.39, 0.29) is 11.3 Å². The number of aromatic nitrogens is 2. The summed E-state index contributed by atoms with van der Waals surface area (Å²) < 4.78 is 7.81. The fraction of sp³-hybridized carbons (Fsp3) is 0.333. The molecule has 1 heterocycles. The fourth-order valence-electron chi connectivity index (χ4n) is 3.05. The summed E-state index contributed by atoms with van der Waals surface area (Å²) in [5, 5.41) is 2.94. The molecule has 5 nitrogen and oxygen atoms in total. The van der Waals surface area contributed by atoms with E-state index in [0.29, 0.717) is 12.3 Å². The van der Waals surface area contributed by atoms with Crippen LogP contribution < -0.4 is 10.1 Å². The molecule has 5 heteroatoms. The molecule has 0 aliphatic heterocycles. The van der Waals surface area contributed by atoms with E-state index in [4.69, 9.17) is 4.74 Å². The zero-order chi connectivity index (χ0) is 21.0. The largest absolute Gasteiger partial charge is 0.481 e. The van der Waals surface area contributed by atoms with Gasteiger partial charge in [0.15, 0.2) is 6.10 Å². The summed E-state index contributed by atoms with van der Waals surface area (Å²) in [4.78, 5) is 16.6. The molecule has 1 aromatic heterocycles. The van der Waals surface area contributed by atoms with Gasteiger partial charge in [0.25, 0.3) is 5.91 Å². The summed E-state index contributed by atoms with van der Waals surface area (Å²) in [6.07, 6.45) is 3.14. The van der Waals surface area contributed by atoms with Gasteiger partial charge >= 0.3 is 0 Å². The average Bonchev–Trinajstić information content (AvgIpc) is 3.12. The lowest BCUT2D eigenvalue weighted by molar-refractivity contribution is -0.127. The highest BCUT2D eigenvalue weighted by Gasteiger charge is 2.16. The second kappa shape index (κ2) is 8.52. The normalized spacial score (nSPS) is 12.4. The van der Waals surface area contributed by atoms with Crippen LogP contribution in [0.4, 0.5) is 0 Å². The SMILES string of the molecule is Cc1nccn1-c1ccc(CNC(=O)[C@H](C)Oc2ccc(C(C)(C)C)cc2)cc1. The van der Waals surface area contributed by atoms with Gasteiger partial charge in [-0.3, -0.25) is 4.79 Å². The van der Waals surface area contributed by atoms with Crippen LogP contribution in [0.5, 0.6) is 5.75 Å². The van der Waals surface area contributed by atoms with Crippen LogP contribution in [0, 0.1) is 6.92 Å². The van der Waals surface area contributed by atoms with Crippen molar-refractivity contribution in [3.05, 3.63) is 77.9 Å². The number of hydrogen-bond donors (Lipinski definition) is 1. The number of aryl methyl sites for hydroxylation is 1. The minimum absolute atomic E-state index is 0.0909. The predicted octanol–water partition coefficient (Wildman–Crippen LogP) is 4.56. The lowest BCUT2D eigenvalue weighted by Crippen LogP contribution is -2.35. The van der Waals surface area contributed by atoms with E-state index in [9.17, 15) is 4.79 Å². The lowest BCUT2D eigenvalue weighted by atomic mass is 9.87. The molecule has 1 N–H and O–H groups in total. The van der Waals surface area contributed by atoms with E-state index in [1.807, 2.05) is 66.2 Å². The summed E-state index contributed by atoms with van der Waals surface area (Å²) in [6.45, 7) is 10.7. The Morgan fingerprint density at radius 2 is 1.76 bits per heavy atom. The molecular formula is C24H29N3O2. The van der Waals surface area contributed by atoms with Gasteiger partial charge in [0.2, 0.25) is 0 Å². The molecule has 0 aliphatic rings. The Hall–Kier alpha value is -3.08. The van der Waals surface area contributed by atoms with Gasteiger partial charge in [-0.1, -0.05) is 45.0 Å². The van der Waals surface area contributed by atoms with Crippen molar-refractivity contribution in [2.75, 3.05) is 0 Å². The maximum absolute atomic E-state index is 12.4. The molecule has 2 aromatic carbocycles. The van der Waals surface area contributed by atoms with E-state index in [1.165, 1.54) is 5.56 Å². The van der Waals surface area contributed by atoms with Crippen LogP contribution in [0.1, 0.15) is 44.6 Å². The highest BCUT2D eigenvalue weighted by Crippen LogP contribution is 2.24. The standard InChI is InChI=1S/C24H29N3O2/c1-17(29-22-12-8-20(9-13-22)24(3,4)5)23(28)26-16-19-6-10-21(11-7-19)27-15-14-25-18(27)2/h6-15,17H,16H2,1-5H3,(H,26,28)/t17-/m0/s1. The molecule has 3 aromatic rings. The Morgan fingerprint density at radius 1 is 1.10 bits per heavy atom. The molecule has 152 valence electrons. The first kappa shape index (κ1) is 20.6. The van der Waals surface area contributed by atoms with E-state index >= 15 is 0 Å². The van der Waals surface area contributed by atoms with Gasteiger partial charge in [0, 0.05) is 24.6 Å². The minimum atomic E-state index is -0.566. The molecule has 1 amide bonds. The molecule has 0 radical (unpaired) electrons. The van der Waals surface area contributed by atoms with Crippen LogP contribution in [-0.4, -0.2) is 21.6 Å². The minimum Gasteiger partial charge on any atom is -0.481 e. The van der Waals surface area contributed by atoms with Crippen LogP contribution in [-0.2, 0) is 16.8 Å². The first-order valence-corrected chi connectivity index (χ1v) is 9.88. The molecule has 0 spiro atoms. The zero-order valence-corrected chi connectivity index (χ0v) is 17.8. The van der Waals surface area contributed by atoms with Gasteiger partial charge in [-0.2, -0.15) is 0 Å². The number of nitrogens with one attached hydrogen (secondary N) is 1. The Labute approximate surface area is 172 Å². The lowest BCUT2D eigenvalue weighted by Gasteiger charge is -2.20. The smallest absolute Gasteiger partial charge is 0.261 e. The highest BCUT2D eigenvalue weighted by molar-refractivity contribution is 5.80. The first-order chi connectivity index (χ1) is 13.7. The Morgan fingerprint density at radius 3 is 2.31 bits per heavy atom. The number of benzene rings is 2. The van der Waals surface area contributed by atoms with Crippen molar-refractivity contribution < 1.29 is 9.53 Å². The molecule has 0 unspecified atom stereocenters. The fourth-order valence-corrected chi connectivity index (χ4v) is 3.05. The van der Waals surface area contributed by atoms with Gasteiger partial charge in [-0.15, -0.1) is 0 Å². The van der Waals surface area contributed by atoms with Crippen molar-refractivity contribution in [1.29, 1.82) is 0 Å². The van der Waals surface area contributed by atoms with Crippen LogP contribution in [0.2, 0.25) is 0 Å². The maximum atomic E-state index is 12.4. The number of ether oxygens (including phenoxy) is 1. The summed E-state index contributed by atoms with van der Waals surface area (Å²) in [5.41, 5.74) is 3.40. The van der Waals surface area contributed by atoms with Crippen molar-refractivity contribution in [2.24, 2.45) is 0 Å². The second-order valence-electron chi connectivity index (χ2n) is 8.26. The molecule has 0 fully saturated rings. The van der Waals surface area contributed by atoms with Crippen LogP contribution in [0.3, 0.4) is 0 Å². The van der Waals surface area contributed by atoms with Gasteiger partial charge in [0.05, 0.1) is 0 Å². The van der Waals surface area contributed by atoms with Crippen molar-refractivity contribution in [1.82, 2.24) is 14.9 Å². The Kier molecular flexibility index (Phi) is 6.06. The Bertz CT molecular complexity index is 951. The van der Waals surface area contributed by atoms with Crippen LogP contribution >= 0.6 is 0 Å². The molecule has 29 heavy (non-hydrogen) atoms. The third-order valence-electron chi connectivity index (χ3n) is 4.91. The summed E-state index contributed by atoms with van der Waals surface area (Å²) in [5.74, 6) is 1.49. The first-order valence-electron chi connectivity index (χ1n) is 9.88. The van der Waals surface area contributed by atoms with Crippen molar-refractivity contribution >= 4 is 5.91 Å².